The molecule has 0 aliphatic heterocycles. The molecule has 0 aliphatic rings. The van der Waals surface area contributed by atoms with Crippen molar-refractivity contribution in [3.63, 3.8) is 0 Å². The zero-order valence-corrected chi connectivity index (χ0v) is 8.70. The van der Waals surface area contributed by atoms with E-state index in [2.05, 4.69) is 25.3 Å². The SMILES string of the molecule is C=CN(C=O)CCCN(CC)CC. The van der Waals surface area contributed by atoms with Crippen molar-refractivity contribution in [2.45, 2.75) is 20.3 Å². The fraction of sp³-hybridized carbons (Fsp3) is 0.700. The Balaban J connectivity index is 3.52. The maximum atomic E-state index is 10.4. The molecule has 0 aliphatic carbocycles. The maximum Gasteiger partial charge on any atom is 0.213 e. The standard InChI is InChI=1S/C10H20N2O/c1-4-11(5-2)8-7-9-12(6-3)10-13/h6,10H,3-5,7-9H2,1-2H3. The third kappa shape index (κ3) is 5.42. The lowest BCUT2D eigenvalue weighted by molar-refractivity contribution is -0.116. The first kappa shape index (κ1) is 12.2. The van der Waals surface area contributed by atoms with Gasteiger partial charge in [-0.15, -0.1) is 0 Å². The number of rotatable bonds is 8. The highest BCUT2D eigenvalue weighted by Gasteiger charge is 2.00. The second kappa shape index (κ2) is 7.80. The fourth-order valence-corrected chi connectivity index (χ4v) is 1.20. The van der Waals surface area contributed by atoms with Crippen molar-refractivity contribution in [1.82, 2.24) is 9.80 Å². The average Bonchev–Trinajstić information content (AvgIpc) is 2.19. The molecular formula is C10H20N2O. The quantitative estimate of drug-likeness (QED) is 0.531. The summed E-state index contributed by atoms with van der Waals surface area (Å²) in [5, 5.41) is 0. The van der Waals surface area contributed by atoms with Gasteiger partial charge < -0.3 is 9.80 Å². The van der Waals surface area contributed by atoms with E-state index in [1.165, 1.54) is 0 Å². The Bertz CT molecular complexity index is 136. The van der Waals surface area contributed by atoms with Crippen LogP contribution in [0.25, 0.3) is 0 Å². The molecule has 76 valence electrons. The van der Waals surface area contributed by atoms with Crippen LogP contribution >= 0.6 is 0 Å². The maximum absolute atomic E-state index is 10.4. The molecule has 0 bridgehead atoms. The predicted molar refractivity (Wildman–Crippen MR) is 55.4 cm³/mol. The summed E-state index contributed by atoms with van der Waals surface area (Å²) < 4.78 is 0. The van der Waals surface area contributed by atoms with E-state index in [1.54, 1.807) is 11.1 Å². The molecule has 0 saturated carbocycles. The largest absolute Gasteiger partial charge is 0.322 e. The number of carbonyl (C=O) groups is 1. The summed E-state index contributed by atoms with van der Waals surface area (Å²) >= 11 is 0. The molecule has 1 amide bonds. The van der Waals surface area contributed by atoms with Crippen molar-refractivity contribution in [3.8, 4) is 0 Å². The van der Waals surface area contributed by atoms with Crippen molar-refractivity contribution < 1.29 is 4.79 Å². The second-order valence-corrected chi connectivity index (χ2v) is 2.91. The van der Waals surface area contributed by atoms with Gasteiger partial charge in [0.15, 0.2) is 0 Å². The van der Waals surface area contributed by atoms with E-state index in [1.807, 2.05) is 0 Å². The van der Waals surface area contributed by atoms with Crippen molar-refractivity contribution in [2.24, 2.45) is 0 Å². The minimum atomic E-state index is 0.767. The van der Waals surface area contributed by atoms with Crippen LogP contribution in [0.4, 0.5) is 0 Å². The summed E-state index contributed by atoms with van der Waals surface area (Å²) in [7, 11) is 0. The molecule has 0 atom stereocenters. The lowest BCUT2D eigenvalue weighted by Crippen LogP contribution is -2.27. The molecule has 0 N–H and O–H groups in total. The van der Waals surface area contributed by atoms with Crippen molar-refractivity contribution in [3.05, 3.63) is 12.8 Å². The van der Waals surface area contributed by atoms with Crippen LogP contribution in [0.5, 0.6) is 0 Å². The smallest absolute Gasteiger partial charge is 0.213 e. The first-order chi connectivity index (χ1) is 6.28. The molecule has 13 heavy (non-hydrogen) atoms. The van der Waals surface area contributed by atoms with Crippen LogP contribution in [0.1, 0.15) is 20.3 Å². The normalized spacial score (nSPS) is 10.1. The zero-order chi connectivity index (χ0) is 10.1. The van der Waals surface area contributed by atoms with Crippen LogP contribution in [0.15, 0.2) is 12.8 Å². The first-order valence-corrected chi connectivity index (χ1v) is 4.84. The van der Waals surface area contributed by atoms with Crippen molar-refractivity contribution in [1.29, 1.82) is 0 Å². The first-order valence-electron chi connectivity index (χ1n) is 4.84. The molecule has 0 radical (unpaired) electrons. The minimum Gasteiger partial charge on any atom is -0.322 e. The van der Waals surface area contributed by atoms with E-state index in [9.17, 15) is 4.79 Å². The predicted octanol–water partition coefficient (Wildman–Crippen LogP) is 1.32. The molecule has 0 unspecified atom stereocenters. The molecule has 0 aromatic carbocycles. The lowest BCUT2D eigenvalue weighted by Gasteiger charge is -2.19. The molecular weight excluding hydrogens is 164 g/mol. The van der Waals surface area contributed by atoms with Gasteiger partial charge in [-0.05, 0) is 32.3 Å². The Labute approximate surface area is 81.0 Å². The molecule has 0 fully saturated rings. The van der Waals surface area contributed by atoms with E-state index in [4.69, 9.17) is 0 Å². The second-order valence-electron chi connectivity index (χ2n) is 2.91. The van der Waals surface area contributed by atoms with Gasteiger partial charge in [0.05, 0.1) is 0 Å². The van der Waals surface area contributed by atoms with Crippen LogP contribution in [0, 0.1) is 0 Å². The van der Waals surface area contributed by atoms with E-state index in [0.717, 1.165) is 39.0 Å². The van der Waals surface area contributed by atoms with Crippen molar-refractivity contribution >= 4 is 6.41 Å². The Morgan fingerprint density at radius 3 is 2.23 bits per heavy atom. The Hall–Kier alpha value is -0.830. The van der Waals surface area contributed by atoms with E-state index < -0.39 is 0 Å². The number of nitrogens with zero attached hydrogens (tertiary/aromatic N) is 2. The lowest BCUT2D eigenvalue weighted by atomic mass is 10.3. The van der Waals surface area contributed by atoms with Gasteiger partial charge in [-0.2, -0.15) is 0 Å². The Kier molecular flexibility index (Phi) is 7.30. The highest BCUT2D eigenvalue weighted by molar-refractivity contribution is 5.48. The molecule has 3 heteroatoms. The van der Waals surface area contributed by atoms with Gasteiger partial charge in [-0.3, -0.25) is 4.79 Å². The highest BCUT2D eigenvalue weighted by atomic mass is 16.1. The van der Waals surface area contributed by atoms with Crippen LogP contribution in [-0.2, 0) is 4.79 Å². The molecule has 0 saturated heterocycles. The minimum absolute atomic E-state index is 0.767. The monoisotopic (exact) mass is 184 g/mol. The summed E-state index contributed by atoms with van der Waals surface area (Å²) in [6.45, 7) is 11.8. The Morgan fingerprint density at radius 2 is 1.85 bits per heavy atom. The fourth-order valence-electron chi connectivity index (χ4n) is 1.20. The summed E-state index contributed by atoms with van der Waals surface area (Å²) in [6, 6.07) is 0. The third-order valence-electron chi connectivity index (χ3n) is 2.15. The van der Waals surface area contributed by atoms with Gasteiger partial charge in [0, 0.05) is 6.54 Å². The van der Waals surface area contributed by atoms with Gasteiger partial charge in [-0.1, -0.05) is 20.4 Å². The van der Waals surface area contributed by atoms with Crippen LogP contribution < -0.4 is 0 Å². The van der Waals surface area contributed by atoms with Crippen LogP contribution in [0.3, 0.4) is 0 Å². The van der Waals surface area contributed by atoms with Crippen LogP contribution in [-0.4, -0.2) is 42.4 Å². The topological polar surface area (TPSA) is 23.6 Å². The summed E-state index contributed by atoms with van der Waals surface area (Å²) in [5.41, 5.74) is 0. The number of carbonyl (C=O) groups excluding carboxylic acids is 1. The van der Waals surface area contributed by atoms with Gasteiger partial charge >= 0.3 is 0 Å². The van der Waals surface area contributed by atoms with E-state index in [0.29, 0.717) is 0 Å². The van der Waals surface area contributed by atoms with Crippen molar-refractivity contribution in [2.75, 3.05) is 26.2 Å². The summed E-state index contributed by atoms with van der Waals surface area (Å²) in [4.78, 5) is 14.3. The zero-order valence-electron chi connectivity index (χ0n) is 8.70. The number of hydrogen-bond donors (Lipinski definition) is 0. The van der Waals surface area contributed by atoms with Gasteiger partial charge in [0.2, 0.25) is 6.41 Å². The van der Waals surface area contributed by atoms with Crippen LogP contribution in [0.2, 0.25) is 0 Å². The third-order valence-corrected chi connectivity index (χ3v) is 2.15. The average molecular weight is 184 g/mol. The molecule has 0 heterocycles. The summed E-state index contributed by atoms with van der Waals surface area (Å²) in [6.07, 6.45) is 3.39. The summed E-state index contributed by atoms with van der Waals surface area (Å²) in [5.74, 6) is 0. The Morgan fingerprint density at radius 1 is 1.23 bits per heavy atom. The van der Waals surface area contributed by atoms with Gasteiger partial charge in [0.1, 0.15) is 0 Å². The molecule has 0 rings (SSSR count). The van der Waals surface area contributed by atoms with Gasteiger partial charge in [0.25, 0.3) is 0 Å². The van der Waals surface area contributed by atoms with E-state index >= 15 is 0 Å². The van der Waals surface area contributed by atoms with Gasteiger partial charge in [-0.25, -0.2) is 0 Å². The van der Waals surface area contributed by atoms with E-state index in [-0.39, 0.29) is 0 Å². The highest BCUT2D eigenvalue weighted by Crippen LogP contribution is 1.93. The molecule has 0 spiro atoms. The number of amides is 1. The molecule has 3 nitrogen and oxygen atoms in total. The molecule has 0 aromatic heterocycles. The molecule has 0 aromatic rings. The number of hydrogen-bond acceptors (Lipinski definition) is 2.